The molecule has 1 aromatic carbocycles. The van der Waals surface area contributed by atoms with Crippen molar-refractivity contribution >= 4 is 36.9 Å². The topological polar surface area (TPSA) is 55.1 Å². The lowest BCUT2D eigenvalue weighted by Gasteiger charge is -2.09. The molecule has 1 unspecified atom stereocenters. The Kier molecular flexibility index (Phi) is 9.42. The summed E-state index contributed by atoms with van der Waals surface area (Å²) >= 11 is 8.67. The fourth-order valence-electron chi connectivity index (χ4n) is 2.08. The van der Waals surface area contributed by atoms with Crippen LogP contribution in [-0.2, 0) is 11.2 Å². The Hall–Kier alpha value is -0.810. The molecule has 0 spiro atoms. The third-order valence-corrected chi connectivity index (χ3v) is 4.14. The summed E-state index contributed by atoms with van der Waals surface area (Å²) in [6, 6.07) is 7.76. The quantitative estimate of drug-likeness (QED) is 0.303. The van der Waals surface area contributed by atoms with E-state index >= 15 is 0 Å². The van der Waals surface area contributed by atoms with Crippen molar-refractivity contribution < 1.29 is 4.79 Å². The Labute approximate surface area is 138 Å². The lowest BCUT2D eigenvalue weighted by molar-refractivity contribution is -0.121. The molecule has 3 nitrogen and oxygen atoms in total. The van der Waals surface area contributed by atoms with Gasteiger partial charge in [0.05, 0.1) is 0 Å². The van der Waals surface area contributed by atoms with Gasteiger partial charge in [0.1, 0.15) is 0 Å². The van der Waals surface area contributed by atoms with E-state index in [0.717, 1.165) is 43.5 Å². The molecular formula is C16H26N2OS2. The number of benzene rings is 1. The van der Waals surface area contributed by atoms with E-state index in [-0.39, 0.29) is 5.91 Å². The van der Waals surface area contributed by atoms with Crippen molar-refractivity contribution in [3.05, 3.63) is 29.8 Å². The van der Waals surface area contributed by atoms with Gasteiger partial charge in [0.25, 0.3) is 0 Å². The molecule has 3 N–H and O–H groups in total. The van der Waals surface area contributed by atoms with Crippen LogP contribution in [0.25, 0.3) is 0 Å². The number of carbonyl (C=O) groups is 1. The van der Waals surface area contributed by atoms with Gasteiger partial charge in [0.15, 0.2) is 0 Å². The molecule has 5 heteroatoms. The molecule has 1 rings (SSSR count). The summed E-state index contributed by atoms with van der Waals surface area (Å²) in [5, 5.41) is 3.37. The van der Waals surface area contributed by atoms with Crippen LogP contribution in [0, 0.1) is 0 Å². The van der Waals surface area contributed by atoms with Crippen molar-refractivity contribution in [3.63, 3.8) is 0 Å². The zero-order chi connectivity index (χ0) is 15.5. The number of unbranched alkanes of at least 4 members (excludes halogenated alkanes) is 1. The first kappa shape index (κ1) is 18.2. The van der Waals surface area contributed by atoms with Crippen LogP contribution < -0.4 is 11.1 Å². The molecule has 0 fully saturated rings. The molecule has 0 saturated carbocycles. The second kappa shape index (κ2) is 10.9. The fourth-order valence-corrected chi connectivity index (χ4v) is 2.90. The van der Waals surface area contributed by atoms with Crippen LogP contribution in [0.2, 0.25) is 0 Å². The summed E-state index contributed by atoms with van der Waals surface area (Å²) < 4.78 is 0. The average molecular weight is 327 g/mol. The Bertz CT molecular complexity index is 409. The van der Waals surface area contributed by atoms with E-state index in [1.807, 2.05) is 24.3 Å². The van der Waals surface area contributed by atoms with E-state index in [2.05, 4.69) is 30.6 Å². The first-order valence-corrected chi connectivity index (χ1v) is 8.66. The van der Waals surface area contributed by atoms with E-state index in [1.165, 1.54) is 5.56 Å². The van der Waals surface area contributed by atoms with Gasteiger partial charge in [-0.15, -0.1) is 0 Å². The van der Waals surface area contributed by atoms with Crippen molar-refractivity contribution in [1.29, 1.82) is 0 Å². The van der Waals surface area contributed by atoms with Gasteiger partial charge < -0.3 is 11.1 Å². The summed E-state index contributed by atoms with van der Waals surface area (Å²) in [6.07, 6.45) is 5.50. The van der Waals surface area contributed by atoms with Crippen LogP contribution in [0.15, 0.2) is 24.3 Å². The van der Waals surface area contributed by atoms with Crippen LogP contribution >= 0.6 is 25.3 Å². The van der Waals surface area contributed by atoms with Crippen molar-refractivity contribution in [2.24, 2.45) is 0 Å². The molecular weight excluding hydrogens is 300 g/mol. The van der Waals surface area contributed by atoms with E-state index < -0.39 is 0 Å². The maximum Gasteiger partial charge on any atom is 0.220 e. The monoisotopic (exact) mass is 326 g/mol. The highest BCUT2D eigenvalue weighted by atomic mass is 32.1. The summed E-state index contributed by atoms with van der Waals surface area (Å²) in [4.78, 5) is 11.7. The molecule has 0 aliphatic carbocycles. The highest BCUT2D eigenvalue weighted by Gasteiger charge is 2.04. The zero-order valence-electron chi connectivity index (χ0n) is 12.4. The summed E-state index contributed by atoms with van der Waals surface area (Å²) in [6.45, 7) is 0.678. The van der Waals surface area contributed by atoms with Crippen molar-refractivity contribution in [2.45, 2.75) is 43.8 Å². The number of amides is 1. The minimum absolute atomic E-state index is 0.135. The van der Waals surface area contributed by atoms with Crippen LogP contribution in [0.1, 0.15) is 37.7 Å². The molecule has 1 aromatic rings. The standard InChI is InChI=1S/C16H26N2OS2/c17-14-7-5-13(6-8-14)9-11-18-16(19)4-2-1-3-15(21)10-12-20/h5-8,15,20-21H,1-4,9-12,17H2,(H,18,19). The number of rotatable bonds is 10. The Balaban J connectivity index is 2.05. The Morgan fingerprint density at radius 3 is 2.57 bits per heavy atom. The molecule has 21 heavy (non-hydrogen) atoms. The van der Waals surface area contributed by atoms with Gasteiger partial charge >= 0.3 is 0 Å². The lowest BCUT2D eigenvalue weighted by atomic mass is 10.1. The second-order valence-corrected chi connectivity index (χ2v) is 6.43. The van der Waals surface area contributed by atoms with Gasteiger partial charge in [0.2, 0.25) is 5.91 Å². The smallest absolute Gasteiger partial charge is 0.220 e. The number of nitrogen functional groups attached to an aromatic ring is 1. The summed E-state index contributed by atoms with van der Waals surface area (Å²) in [5.74, 6) is 1.01. The van der Waals surface area contributed by atoms with Gasteiger partial charge in [-0.2, -0.15) is 25.3 Å². The highest BCUT2D eigenvalue weighted by molar-refractivity contribution is 7.81. The highest BCUT2D eigenvalue weighted by Crippen LogP contribution is 2.12. The van der Waals surface area contributed by atoms with Crippen LogP contribution in [0.3, 0.4) is 0 Å². The fraction of sp³-hybridized carbons (Fsp3) is 0.562. The van der Waals surface area contributed by atoms with Gasteiger partial charge in [-0.1, -0.05) is 18.6 Å². The maximum atomic E-state index is 11.7. The number of thiol groups is 2. The number of carbonyl (C=O) groups excluding carboxylic acids is 1. The van der Waals surface area contributed by atoms with Crippen LogP contribution in [0.4, 0.5) is 5.69 Å². The first-order valence-electron chi connectivity index (χ1n) is 7.52. The van der Waals surface area contributed by atoms with Gasteiger partial charge in [-0.25, -0.2) is 0 Å². The largest absolute Gasteiger partial charge is 0.399 e. The Morgan fingerprint density at radius 2 is 1.90 bits per heavy atom. The lowest BCUT2D eigenvalue weighted by Crippen LogP contribution is -2.25. The van der Waals surface area contributed by atoms with Crippen molar-refractivity contribution in [3.8, 4) is 0 Å². The molecule has 0 aliphatic rings. The van der Waals surface area contributed by atoms with Gasteiger partial charge in [-0.3, -0.25) is 4.79 Å². The molecule has 0 bridgehead atoms. The molecule has 0 aliphatic heterocycles. The van der Waals surface area contributed by atoms with E-state index in [0.29, 0.717) is 18.2 Å². The number of nitrogens with two attached hydrogens (primary N) is 1. The van der Waals surface area contributed by atoms with Crippen LogP contribution in [0.5, 0.6) is 0 Å². The molecule has 118 valence electrons. The van der Waals surface area contributed by atoms with Crippen LogP contribution in [-0.4, -0.2) is 23.5 Å². The minimum Gasteiger partial charge on any atom is -0.399 e. The molecule has 1 atom stereocenters. The minimum atomic E-state index is 0.135. The third kappa shape index (κ3) is 8.94. The molecule has 0 heterocycles. The molecule has 0 aromatic heterocycles. The Morgan fingerprint density at radius 1 is 1.19 bits per heavy atom. The second-order valence-electron chi connectivity index (χ2n) is 5.25. The zero-order valence-corrected chi connectivity index (χ0v) is 14.2. The SMILES string of the molecule is Nc1ccc(CCNC(=O)CCCCC(S)CCS)cc1. The number of hydrogen-bond donors (Lipinski definition) is 4. The number of nitrogens with one attached hydrogen (secondary N) is 1. The predicted octanol–water partition coefficient (Wildman–Crippen LogP) is 3.11. The summed E-state index contributed by atoms with van der Waals surface area (Å²) in [7, 11) is 0. The molecule has 0 radical (unpaired) electrons. The van der Waals surface area contributed by atoms with Crippen molar-refractivity contribution in [1.82, 2.24) is 5.32 Å². The first-order chi connectivity index (χ1) is 10.1. The van der Waals surface area contributed by atoms with Gasteiger partial charge in [0, 0.05) is 23.9 Å². The average Bonchev–Trinajstić information content (AvgIpc) is 2.46. The normalized spacial score (nSPS) is 12.1. The van der Waals surface area contributed by atoms with E-state index in [4.69, 9.17) is 5.73 Å². The van der Waals surface area contributed by atoms with E-state index in [9.17, 15) is 4.79 Å². The molecule has 0 saturated heterocycles. The number of hydrogen-bond acceptors (Lipinski definition) is 4. The van der Waals surface area contributed by atoms with Crippen molar-refractivity contribution in [2.75, 3.05) is 18.0 Å². The summed E-state index contributed by atoms with van der Waals surface area (Å²) in [5.41, 5.74) is 7.59. The molecule has 1 amide bonds. The van der Waals surface area contributed by atoms with E-state index in [1.54, 1.807) is 0 Å². The van der Waals surface area contributed by atoms with Gasteiger partial charge in [-0.05, 0) is 49.1 Å². The maximum absolute atomic E-state index is 11.7. The third-order valence-electron chi connectivity index (χ3n) is 3.37. The predicted molar refractivity (Wildman–Crippen MR) is 97.3 cm³/mol. The number of anilines is 1.